The third-order valence-corrected chi connectivity index (χ3v) is 4.06. The predicted octanol–water partition coefficient (Wildman–Crippen LogP) is 4.18. The number of nitrogens with one attached hydrogen (secondary N) is 1. The molecule has 21 heavy (non-hydrogen) atoms. The number of benzene rings is 2. The fourth-order valence-corrected chi connectivity index (χ4v) is 2.85. The Morgan fingerprint density at radius 2 is 2.10 bits per heavy atom. The van der Waals surface area contributed by atoms with Crippen LogP contribution in [0.5, 0.6) is 0 Å². The topological polar surface area (TPSA) is 55.1 Å². The highest BCUT2D eigenvalue weighted by Crippen LogP contribution is 2.27. The van der Waals surface area contributed by atoms with Gasteiger partial charge in [0.15, 0.2) is 0 Å². The Balaban J connectivity index is 2.04. The van der Waals surface area contributed by atoms with Crippen LogP contribution >= 0.6 is 23.4 Å². The summed E-state index contributed by atoms with van der Waals surface area (Å²) >= 11 is 7.24. The van der Waals surface area contributed by atoms with Crippen LogP contribution in [0.1, 0.15) is 6.92 Å². The SMILES string of the molecule is CC(Sc1cccc(Cl)c1)C(=O)Nc1cc(N)ccc1F. The van der Waals surface area contributed by atoms with E-state index in [4.69, 9.17) is 17.3 Å². The quantitative estimate of drug-likeness (QED) is 0.655. The zero-order valence-electron chi connectivity index (χ0n) is 11.3. The highest BCUT2D eigenvalue weighted by molar-refractivity contribution is 8.00. The van der Waals surface area contributed by atoms with E-state index in [1.54, 1.807) is 19.1 Å². The molecule has 0 bridgehead atoms. The van der Waals surface area contributed by atoms with Crippen LogP contribution in [-0.4, -0.2) is 11.2 Å². The van der Waals surface area contributed by atoms with Crippen LogP contribution in [0.3, 0.4) is 0 Å². The van der Waals surface area contributed by atoms with E-state index >= 15 is 0 Å². The molecule has 2 aromatic carbocycles. The molecule has 2 rings (SSSR count). The average Bonchev–Trinajstić information content (AvgIpc) is 2.43. The molecule has 110 valence electrons. The van der Waals surface area contributed by atoms with Crippen LogP contribution in [0.2, 0.25) is 5.02 Å². The maximum Gasteiger partial charge on any atom is 0.237 e. The number of hydrogen-bond acceptors (Lipinski definition) is 3. The molecule has 3 N–H and O–H groups in total. The lowest BCUT2D eigenvalue weighted by Crippen LogP contribution is -2.23. The molecule has 0 saturated carbocycles. The minimum Gasteiger partial charge on any atom is -0.399 e. The summed E-state index contributed by atoms with van der Waals surface area (Å²) in [5.74, 6) is -0.818. The number of thioether (sulfide) groups is 1. The number of rotatable bonds is 4. The summed E-state index contributed by atoms with van der Waals surface area (Å²) < 4.78 is 13.6. The first kappa shape index (κ1) is 15.7. The van der Waals surface area contributed by atoms with Gasteiger partial charge in [-0.2, -0.15) is 0 Å². The summed E-state index contributed by atoms with van der Waals surface area (Å²) in [5.41, 5.74) is 6.05. The van der Waals surface area contributed by atoms with E-state index in [1.165, 1.54) is 30.0 Å². The van der Waals surface area contributed by atoms with Gasteiger partial charge in [0.2, 0.25) is 5.91 Å². The molecule has 0 saturated heterocycles. The van der Waals surface area contributed by atoms with Gasteiger partial charge in [-0.25, -0.2) is 4.39 Å². The maximum atomic E-state index is 13.6. The van der Waals surface area contributed by atoms with Crippen molar-refractivity contribution in [2.75, 3.05) is 11.1 Å². The Bertz CT molecular complexity index is 666. The highest BCUT2D eigenvalue weighted by atomic mass is 35.5. The molecule has 0 fully saturated rings. The smallest absolute Gasteiger partial charge is 0.237 e. The van der Waals surface area contributed by atoms with Gasteiger partial charge in [0, 0.05) is 15.6 Å². The largest absolute Gasteiger partial charge is 0.399 e. The van der Waals surface area contributed by atoms with E-state index in [0.29, 0.717) is 10.7 Å². The number of carbonyl (C=O) groups excluding carboxylic acids is 1. The van der Waals surface area contributed by atoms with Crippen LogP contribution in [0.25, 0.3) is 0 Å². The molecule has 0 spiro atoms. The molecular weight excluding hydrogens is 311 g/mol. The van der Waals surface area contributed by atoms with E-state index < -0.39 is 11.1 Å². The van der Waals surface area contributed by atoms with Crippen molar-refractivity contribution in [3.05, 3.63) is 53.3 Å². The van der Waals surface area contributed by atoms with E-state index in [2.05, 4.69) is 5.32 Å². The molecule has 0 radical (unpaired) electrons. The second-order valence-corrected chi connectivity index (χ2v) is 6.30. The minimum absolute atomic E-state index is 0.0820. The van der Waals surface area contributed by atoms with E-state index in [-0.39, 0.29) is 11.6 Å². The van der Waals surface area contributed by atoms with Crippen LogP contribution in [-0.2, 0) is 4.79 Å². The predicted molar refractivity (Wildman–Crippen MR) is 86.2 cm³/mol. The van der Waals surface area contributed by atoms with Crippen LogP contribution < -0.4 is 11.1 Å². The molecule has 0 aromatic heterocycles. The van der Waals surface area contributed by atoms with Crippen LogP contribution in [0.4, 0.5) is 15.8 Å². The monoisotopic (exact) mass is 324 g/mol. The summed E-state index contributed by atoms with van der Waals surface area (Å²) in [5, 5.41) is 2.75. The average molecular weight is 325 g/mol. The molecule has 2 aromatic rings. The molecule has 1 amide bonds. The summed E-state index contributed by atoms with van der Waals surface area (Å²) in [4.78, 5) is 13.0. The second kappa shape index (κ2) is 6.83. The molecular formula is C15H14ClFN2OS. The molecule has 1 atom stereocenters. The van der Waals surface area contributed by atoms with Crippen LogP contribution in [0, 0.1) is 5.82 Å². The zero-order valence-corrected chi connectivity index (χ0v) is 12.8. The van der Waals surface area contributed by atoms with Crippen molar-refractivity contribution in [2.45, 2.75) is 17.1 Å². The Morgan fingerprint density at radius 3 is 2.81 bits per heavy atom. The van der Waals surface area contributed by atoms with Crippen molar-refractivity contribution in [1.29, 1.82) is 0 Å². The summed E-state index contributed by atoms with van der Waals surface area (Å²) in [7, 11) is 0. The summed E-state index contributed by atoms with van der Waals surface area (Å²) in [6, 6.07) is 11.3. The van der Waals surface area contributed by atoms with Gasteiger partial charge in [0.05, 0.1) is 10.9 Å². The fraction of sp³-hybridized carbons (Fsp3) is 0.133. The van der Waals surface area contributed by atoms with Gasteiger partial charge < -0.3 is 11.1 Å². The Hall–Kier alpha value is -1.72. The van der Waals surface area contributed by atoms with Crippen molar-refractivity contribution in [2.24, 2.45) is 0 Å². The number of nitrogens with two attached hydrogens (primary N) is 1. The van der Waals surface area contributed by atoms with Gasteiger partial charge in [-0.15, -0.1) is 11.8 Å². The third kappa shape index (κ3) is 4.37. The lowest BCUT2D eigenvalue weighted by molar-refractivity contribution is -0.115. The van der Waals surface area contributed by atoms with Crippen molar-refractivity contribution in [1.82, 2.24) is 0 Å². The number of anilines is 2. The fourth-order valence-electron chi connectivity index (χ4n) is 1.67. The Kier molecular flexibility index (Phi) is 5.09. The lowest BCUT2D eigenvalue weighted by Gasteiger charge is -2.13. The molecule has 0 heterocycles. The van der Waals surface area contributed by atoms with Crippen molar-refractivity contribution < 1.29 is 9.18 Å². The van der Waals surface area contributed by atoms with Crippen molar-refractivity contribution in [3.8, 4) is 0 Å². The van der Waals surface area contributed by atoms with Crippen molar-refractivity contribution >= 4 is 40.6 Å². The van der Waals surface area contributed by atoms with Gasteiger partial charge in [-0.3, -0.25) is 4.79 Å². The number of halogens is 2. The molecule has 3 nitrogen and oxygen atoms in total. The third-order valence-electron chi connectivity index (χ3n) is 2.73. The van der Waals surface area contributed by atoms with Crippen molar-refractivity contribution in [3.63, 3.8) is 0 Å². The highest BCUT2D eigenvalue weighted by Gasteiger charge is 2.16. The molecule has 1 unspecified atom stereocenters. The van der Waals surface area contributed by atoms with Crippen LogP contribution in [0.15, 0.2) is 47.4 Å². The summed E-state index contributed by atoms with van der Waals surface area (Å²) in [6.45, 7) is 1.74. The molecule has 6 heteroatoms. The zero-order chi connectivity index (χ0) is 15.4. The summed E-state index contributed by atoms with van der Waals surface area (Å²) in [6.07, 6.45) is 0. The Labute approximate surface area is 131 Å². The minimum atomic E-state index is -0.516. The van der Waals surface area contributed by atoms with Gasteiger partial charge in [0.25, 0.3) is 0 Å². The van der Waals surface area contributed by atoms with Gasteiger partial charge >= 0.3 is 0 Å². The first-order valence-electron chi connectivity index (χ1n) is 6.24. The van der Waals surface area contributed by atoms with E-state index in [9.17, 15) is 9.18 Å². The molecule has 0 aliphatic heterocycles. The van der Waals surface area contributed by atoms with Gasteiger partial charge in [-0.1, -0.05) is 17.7 Å². The molecule has 0 aliphatic carbocycles. The second-order valence-electron chi connectivity index (χ2n) is 4.45. The standard InChI is InChI=1S/C15H14ClFN2OS/c1-9(21-12-4-2-3-10(16)7-12)15(20)19-14-8-11(18)5-6-13(14)17/h2-9H,18H2,1H3,(H,19,20). The van der Waals surface area contributed by atoms with Gasteiger partial charge in [-0.05, 0) is 43.3 Å². The lowest BCUT2D eigenvalue weighted by atomic mass is 10.2. The molecule has 0 aliphatic rings. The Morgan fingerprint density at radius 1 is 1.33 bits per heavy atom. The number of nitrogen functional groups attached to an aromatic ring is 1. The normalized spacial score (nSPS) is 12.0. The first-order valence-corrected chi connectivity index (χ1v) is 7.49. The van der Waals surface area contributed by atoms with Gasteiger partial charge in [0.1, 0.15) is 5.82 Å². The number of carbonyl (C=O) groups is 1. The first-order chi connectivity index (χ1) is 9.95. The van der Waals surface area contributed by atoms with E-state index in [0.717, 1.165) is 4.90 Å². The number of hydrogen-bond donors (Lipinski definition) is 2. The van der Waals surface area contributed by atoms with E-state index in [1.807, 2.05) is 12.1 Å². The number of amides is 1. The maximum absolute atomic E-state index is 13.6.